The van der Waals surface area contributed by atoms with E-state index in [0.29, 0.717) is 24.5 Å². The monoisotopic (exact) mass is 317 g/mol. The molecule has 0 aromatic carbocycles. The first-order valence-electron chi connectivity index (χ1n) is 7.56. The molecule has 2 aromatic heterocycles. The first kappa shape index (κ1) is 15.3. The van der Waals surface area contributed by atoms with Gasteiger partial charge in [0.2, 0.25) is 5.88 Å². The van der Waals surface area contributed by atoms with Gasteiger partial charge in [0, 0.05) is 33.0 Å². The van der Waals surface area contributed by atoms with Crippen molar-refractivity contribution in [1.82, 2.24) is 24.4 Å². The van der Waals surface area contributed by atoms with Gasteiger partial charge in [0.15, 0.2) is 0 Å². The van der Waals surface area contributed by atoms with Crippen molar-refractivity contribution in [1.29, 1.82) is 0 Å². The Labute approximate surface area is 132 Å². The molecule has 0 aliphatic carbocycles. The summed E-state index contributed by atoms with van der Waals surface area (Å²) in [4.78, 5) is 36.5. The first-order valence-corrected chi connectivity index (χ1v) is 7.56. The number of aromatic nitrogens is 4. The fraction of sp³-hybridized carbons (Fsp3) is 0.467. The molecular formula is C15H19N5O3. The van der Waals surface area contributed by atoms with Gasteiger partial charge in [0.05, 0.1) is 11.8 Å². The van der Waals surface area contributed by atoms with Gasteiger partial charge in [-0.3, -0.25) is 9.59 Å². The zero-order valence-corrected chi connectivity index (χ0v) is 13.2. The third-order valence-corrected chi connectivity index (χ3v) is 4.14. The number of nitrogens with one attached hydrogen (secondary N) is 1. The molecule has 0 bridgehead atoms. The van der Waals surface area contributed by atoms with E-state index in [0.717, 1.165) is 25.2 Å². The molecule has 3 heterocycles. The number of aromatic amines is 1. The van der Waals surface area contributed by atoms with Gasteiger partial charge >= 0.3 is 0 Å². The van der Waals surface area contributed by atoms with Gasteiger partial charge in [-0.25, -0.2) is 9.97 Å². The molecule has 1 aliphatic heterocycles. The lowest BCUT2D eigenvalue weighted by Gasteiger charge is -2.17. The van der Waals surface area contributed by atoms with E-state index in [1.54, 1.807) is 18.1 Å². The molecule has 1 aliphatic rings. The van der Waals surface area contributed by atoms with Crippen molar-refractivity contribution >= 4 is 5.91 Å². The van der Waals surface area contributed by atoms with E-state index in [1.807, 2.05) is 4.57 Å². The summed E-state index contributed by atoms with van der Waals surface area (Å²) in [5.74, 6) is 0.933. The molecule has 3 rings (SSSR count). The van der Waals surface area contributed by atoms with Gasteiger partial charge in [-0.1, -0.05) is 0 Å². The largest absolute Gasteiger partial charge is 0.493 e. The summed E-state index contributed by atoms with van der Waals surface area (Å²) in [5, 5.41) is 9.59. The number of likely N-dealkylation sites (N-methyl/N-ethyl adjacent to an activating group) is 1. The van der Waals surface area contributed by atoms with Crippen LogP contribution in [-0.2, 0) is 19.4 Å². The topological polar surface area (TPSA) is 104 Å². The number of amides is 1. The number of fused-ring (bicyclic) bond motifs is 1. The summed E-state index contributed by atoms with van der Waals surface area (Å²) in [5.41, 5.74) is 0.413. The van der Waals surface area contributed by atoms with Gasteiger partial charge in [0.1, 0.15) is 17.3 Å². The van der Waals surface area contributed by atoms with Crippen LogP contribution in [0.4, 0.5) is 0 Å². The van der Waals surface area contributed by atoms with E-state index in [9.17, 15) is 14.7 Å². The molecule has 0 fully saturated rings. The van der Waals surface area contributed by atoms with Crippen LogP contribution in [0.1, 0.15) is 34.1 Å². The quantitative estimate of drug-likeness (QED) is 0.840. The van der Waals surface area contributed by atoms with Crippen molar-refractivity contribution < 1.29 is 9.90 Å². The Kier molecular flexibility index (Phi) is 3.89. The predicted molar refractivity (Wildman–Crippen MR) is 82.5 cm³/mol. The second-order valence-electron chi connectivity index (χ2n) is 5.75. The van der Waals surface area contributed by atoms with Gasteiger partial charge in [-0.05, 0) is 13.3 Å². The average Bonchev–Trinajstić information content (AvgIpc) is 3.12. The number of rotatable bonds is 4. The highest BCUT2D eigenvalue weighted by Crippen LogP contribution is 2.17. The molecule has 2 aromatic rings. The van der Waals surface area contributed by atoms with E-state index in [1.165, 1.54) is 6.92 Å². The van der Waals surface area contributed by atoms with E-state index < -0.39 is 0 Å². The van der Waals surface area contributed by atoms with Crippen molar-refractivity contribution in [2.45, 2.75) is 32.7 Å². The molecule has 0 spiro atoms. The number of imidazole rings is 1. The molecule has 122 valence electrons. The number of hydrogen-bond acceptors (Lipinski definition) is 5. The average molecular weight is 317 g/mol. The van der Waals surface area contributed by atoms with E-state index >= 15 is 0 Å². The molecular weight excluding hydrogens is 298 g/mol. The van der Waals surface area contributed by atoms with Gasteiger partial charge < -0.3 is 19.6 Å². The lowest BCUT2D eigenvalue weighted by atomic mass is 10.3. The van der Waals surface area contributed by atoms with Crippen LogP contribution in [0.5, 0.6) is 5.88 Å². The number of aryl methyl sites for hydroxylation is 1. The van der Waals surface area contributed by atoms with E-state index in [4.69, 9.17) is 0 Å². The summed E-state index contributed by atoms with van der Waals surface area (Å²) < 4.78 is 1.96. The molecule has 0 atom stereocenters. The SMILES string of the molecule is Cc1c(O)nc(CCN(C)C(=O)c2cnc3n2CCC3)[nH]c1=O. The fourth-order valence-electron chi connectivity index (χ4n) is 2.68. The van der Waals surface area contributed by atoms with Crippen LogP contribution in [0.3, 0.4) is 0 Å². The summed E-state index contributed by atoms with van der Waals surface area (Å²) in [6.07, 6.45) is 3.89. The van der Waals surface area contributed by atoms with Crippen molar-refractivity contribution in [2.24, 2.45) is 0 Å². The number of H-pyrrole nitrogens is 1. The van der Waals surface area contributed by atoms with Crippen LogP contribution in [0.25, 0.3) is 0 Å². The molecule has 0 saturated carbocycles. The summed E-state index contributed by atoms with van der Waals surface area (Å²) in [6.45, 7) is 2.70. The van der Waals surface area contributed by atoms with Crippen LogP contribution < -0.4 is 5.56 Å². The number of carbonyl (C=O) groups excluding carboxylic acids is 1. The van der Waals surface area contributed by atoms with Gasteiger partial charge in [0.25, 0.3) is 11.5 Å². The smallest absolute Gasteiger partial charge is 0.271 e. The molecule has 0 unspecified atom stereocenters. The number of nitrogens with zero attached hydrogens (tertiary/aromatic N) is 4. The highest BCUT2D eigenvalue weighted by molar-refractivity contribution is 5.92. The Hall–Kier alpha value is -2.64. The molecule has 0 saturated heterocycles. The molecule has 23 heavy (non-hydrogen) atoms. The first-order chi connectivity index (χ1) is 11.0. The third kappa shape index (κ3) is 2.84. The van der Waals surface area contributed by atoms with Crippen molar-refractivity contribution in [3.63, 3.8) is 0 Å². The Morgan fingerprint density at radius 1 is 1.52 bits per heavy atom. The minimum absolute atomic E-state index is 0.107. The van der Waals surface area contributed by atoms with Gasteiger partial charge in [-0.15, -0.1) is 0 Å². The zero-order chi connectivity index (χ0) is 16.6. The highest BCUT2D eigenvalue weighted by Gasteiger charge is 2.22. The normalized spacial score (nSPS) is 13.1. The lowest BCUT2D eigenvalue weighted by Crippen LogP contribution is -2.31. The Morgan fingerprint density at radius 3 is 3.04 bits per heavy atom. The second kappa shape index (κ2) is 5.86. The van der Waals surface area contributed by atoms with E-state index in [-0.39, 0.29) is 22.9 Å². The van der Waals surface area contributed by atoms with Crippen molar-refractivity contribution in [2.75, 3.05) is 13.6 Å². The lowest BCUT2D eigenvalue weighted by molar-refractivity contribution is 0.0785. The highest BCUT2D eigenvalue weighted by atomic mass is 16.3. The minimum Gasteiger partial charge on any atom is -0.493 e. The van der Waals surface area contributed by atoms with Crippen LogP contribution in [0.15, 0.2) is 11.0 Å². The molecule has 0 radical (unpaired) electrons. The maximum atomic E-state index is 12.5. The van der Waals surface area contributed by atoms with E-state index in [2.05, 4.69) is 15.0 Å². The number of aromatic hydroxyl groups is 1. The number of carbonyl (C=O) groups is 1. The van der Waals surface area contributed by atoms with Crippen LogP contribution in [-0.4, -0.2) is 49.0 Å². The maximum Gasteiger partial charge on any atom is 0.271 e. The third-order valence-electron chi connectivity index (χ3n) is 4.14. The van der Waals surface area contributed by atoms with Crippen LogP contribution >= 0.6 is 0 Å². The summed E-state index contributed by atoms with van der Waals surface area (Å²) in [7, 11) is 1.70. The molecule has 8 nitrogen and oxygen atoms in total. The van der Waals surface area contributed by atoms with Crippen LogP contribution in [0, 0.1) is 6.92 Å². The summed E-state index contributed by atoms with van der Waals surface area (Å²) >= 11 is 0. The van der Waals surface area contributed by atoms with Crippen molar-refractivity contribution in [3.05, 3.63) is 39.5 Å². The Balaban J connectivity index is 1.68. The van der Waals surface area contributed by atoms with Crippen LogP contribution in [0.2, 0.25) is 0 Å². The molecule has 2 N–H and O–H groups in total. The zero-order valence-electron chi connectivity index (χ0n) is 13.2. The Bertz CT molecular complexity index is 808. The molecule has 8 heteroatoms. The van der Waals surface area contributed by atoms with Gasteiger partial charge in [-0.2, -0.15) is 0 Å². The standard InChI is InChI=1S/C15H19N5O3/c1-9-13(21)17-11(18-14(9)22)5-7-19(2)15(23)10-8-16-12-4-3-6-20(10)12/h8H,3-7H2,1-2H3,(H2,17,18,21,22). The Morgan fingerprint density at radius 2 is 2.30 bits per heavy atom. The van der Waals surface area contributed by atoms with Crippen molar-refractivity contribution in [3.8, 4) is 5.88 Å². The summed E-state index contributed by atoms with van der Waals surface area (Å²) in [6, 6.07) is 0. The predicted octanol–water partition coefficient (Wildman–Crippen LogP) is 0.241. The minimum atomic E-state index is -0.366. The number of hydrogen-bond donors (Lipinski definition) is 2. The molecule has 1 amide bonds. The maximum absolute atomic E-state index is 12.5. The fourth-order valence-corrected chi connectivity index (χ4v) is 2.68. The second-order valence-corrected chi connectivity index (χ2v) is 5.75.